The molecule has 0 spiro atoms. The summed E-state index contributed by atoms with van der Waals surface area (Å²) in [5, 5.41) is 267. The minimum atomic E-state index is -2.36. The van der Waals surface area contributed by atoms with E-state index in [0.717, 1.165) is 65.2 Å². The maximum Gasteiger partial charge on any atom is 0.220 e. The predicted molar refractivity (Wildman–Crippen MR) is 476 cm³/mol. The van der Waals surface area contributed by atoms with E-state index < -0.39 is 322 Å². The summed E-state index contributed by atoms with van der Waals surface area (Å²) in [5.41, 5.74) is 0. The van der Waals surface area contributed by atoms with Crippen molar-refractivity contribution in [3.8, 4) is 0 Å². The van der Waals surface area contributed by atoms with Crippen molar-refractivity contribution < 1.29 is 208 Å². The van der Waals surface area contributed by atoms with Crippen LogP contribution in [0.4, 0.5) is 0 Å². The third-order valence-electron chi connectivity index (χ3n) is 26.9. The standard InChI is InChI=1S/C92H165N3O42/c1-6-8-10-12-14-16-18-20-21-22-23-24-25-27-29-31-33-35-37-39-60(106)95-51(52(105)38-36-34-32-30-28-26-19-17-15-13-11-9-7-2)47-122-87-75(119)72(116)80(59(46-102)130-87)132-91-77(121)82(66(110)55(42-98)126-91)135-85-61(93-49(4)103)68(112)78(57(44-100)128-85)131-90-76(120)81(65(109)54(41-97)125-90)134-86-62(94-50(5)104)69(113)79(58(45-101)129-86)133-92-84(137-88-73(117)70(114)63(107)48(3)123-88)83(67(111)56(43-99)127-92)136-89-74(118)71(115)64(108)53(40-96)124-89/h36,38,48,51-59,61-92,96-102,105,107-121H,6-35,37,39-47H2,1-5H3,(H,93,103)(H,94,104)(H,95,106)/b38-36+/t48?,51-,52+,53?,54?,55?,56?,57?,58?,59?,61?,62?,63+,64-,65-,66-,67-,68+,69+,70?,71-,72+,73-,74?,75?,76?,77?,78+,79+,80+,81-,82-,83-,84?,85-,86-,87+,88+,89+,90-,91-,92-/m0/s1. The van der Waals surface area contributed by atoms with Gasteiger partial charge in [0.25, 0.3) is 0 Å². The average Bonchev–Trinajstić information content (AvgIpc) is 0.758. The van der Waals surface area contributed by atoms with Crippen molar-refractivity contribution in [1.29, 1.82) is 0 Å². The zero-order valence-corrected chi connectivity index (χ0v) is 79.7. The Bertz CT molecular complexity index is 3320. The predicted octanol–water partition coefficient (Wildman–Crippen LogP) is -4.19. The number of aliphatic hydroxyl groups excluding tert-OH is 23. The molecule has 16 unspecified atom stereocenters. The van der Waals surface area contributed by atoms with Crippen LogP contribution in [0.5, 0.6) is 0 Å². The second kappa shape index (κ2) is 61.9. The first-order valence-corrected chi connectivity index (χ1v) is 49.9. The second-order valence-corrected chi connectivity index (χ2v) is 37.7. The smallest absolute Gasteiger partial charge is 0.220 e. The molecule has 8 aliphatic heterocycles. The number of allylic oxidation sites excluding steroid dienone is 1. The lowest BCUT2D eigenvalue weighted by Gasteiger charge is -2.51. The van der Waals surface area contributed by atoms with Crippen molar-refractivity contribution in [1.82, 2.24) is 16.0 Å². The van der Waals surface area contributed by atoms with Crippen LogP contribution in [0, 0.1) is 0 Å². The van der Waals surface area contributed by atoms with E-state index in [9.17, 15) is 132 Å². The Morgan fingerprint density at radius 3 is 1.00 bits per heavy atom. The number of nitrogens with one attached hydrogen (secondary N) is 3. The zero-order valence-electron chi connectivity index (χ0n) is 79.7. The summed E-state index contributed by atoms with van der Waals surface area (Å²) in [6.07, 6.45) is -38.0. The molecule has 26 N–H and O–H groups in total. The lowest BCUT2D eigenvalue weighted by atomic mass is 9.93. The number of rotatable bonds is 61. The summed E-state index contributed by atoms with van der Waals surface area (Å²) in [4.78, 5) is 39.9. The van der Waals surface area contributed by atoms with Gasteiger partial charge in [-0.1, -0.05) is 206 Å². The van der Waals surface area contributed by atoms with Crippen LogP contribution in [0.3, 0.4) is 0 Å². The molecule has 0 aromatic carbocycles. The van der Waals surface area contributed by atoms with Gasteiger partial charge < -0.3 is 209 Å². The SMILES string of the molecule is CCCCCCCCCCCCC/C=C/[C@@H](O)[C@H](CO[C@@H]1OC(CO)[C@@H](O[C@@H]2OC(CO)[C@H](O)[C@H](O[C@@H]3OC(CO)[C@@H](O[C@@H]4OC(CO)[C@H](O)[C@H](O[C@@H]5OC(CO)[C@@H](O[C@@H]6OC(CO)[C@H](O)[C@H](O[C@H]7OC(CO)[C@H](O)[C@H](O)C7O)C6O[C@H]6OC(C)[C@@H](O)C(O)[C@@H]6O)[C@H](O)C5NC(C)=O)C4O)[C@H](O)C3NC(C)=O)C2O)[C@H](O)C1O)NC(=O)CCCCCCCCCCCCCCCCCCCCC. The molecule has 0 radical (unpaired) electrons. The Balaban J connectivity index is 0.910. The molecule has 42 atom stereocenters. The van der Waals surface area contributed by atoms with Crippen LogP contribution in [-0.2, 0) is 90.2 Å². The summed E-state index contributed by atoms with van der Waals surface area (Å²) in [5.74, 6) is -2.22. The second-order valence-electron chi connectivity index (χ2n) is 37.7. The van der Waals surface area contributed by atoms with Gasteiger partial charge in [0.05, 0.1) is 71.1 Å². The molecule has 800 valence electrons. The van der Waals surface area contributed by atoms with Crippen molar-refractivity contribution >= 4 is 17.7 Å². The Labute approximate surface area is 800 Å². The Morgan fingerprint density at radius 2 is 0.599 bits per heavy atom. The normalized spacial score (nSPS) is 39.4. The molecule has 8 aliphatic rings. The fourth-order valence-electron chi connectivity index (χ4n) is 18.7. The third-order valence-corrected chi connectivity index (χ3v) is 26.9. The van der Waals surface area contributed by atoms with Crippen molar-refractivity contribution in [3.63, 3.8) is 0 Å². The van der Waals surface area contributed by atoms with E-state index in [1.54, 1.807) is 6.08 Å². The van der Waals surface area contributed by atoms with Gasteiger partial charge in [-0.25, -0.2) is 0 Å². The van der Waals surface area contributed by atoms with Crippen molar-refractivity contribution in [3.05, 3.63) is 12.2 Å². The maximum atomic E-state index is 13.6. The van der Waals surface area contributed by atoms with Gasteiger partial charge in [0.1, 0.15) is 189 Å². The molecule has 0 aromatic rings. The molecule has 8 saturated heterocycles. The van der Waals surface area contributed by atoms with E-state index in [1.165, 1.54) is 142 Å². The minimum absolute atomic E-state index is 0.155. The van der Waals surface area contributed by atoms with Crippen LogP contribution in [0.25, 0.3) is 0 Å². The molecule has 0 aromatic heterocycles. The van der Waals surface area contributed by atoms with Gasteiger partial charge in [-0.05, 0) is 26.2 Å². The number of carbonyl (C=O) groups is 3. The number of carbonyl (C=O) groups excluding carboxylic acids is 3. The number of hydrogen-bond acceptors (Lipinski definition) is 42. The highest BCUT2D eigenvalue weighted by Gasteiger charge is 2.61. The molecule has 0 aliphatic carbocycles. The fraction of sp³-hybridized carbons (Fsp3) is 0.946. The van der Waals surface area contributed by atoms with Gasteiger partial charge in [-0.15, -0.1) is 0 Å². The Hall–Kier alpha value is -3.41. The highest BCUT2D eigenvalue weighted by atomic mass is 16.8. The van der Waals surface area contributed by atoms with E-state index in [-0.39, 0.29) is 12.3 Å². The summed E-state index contributed by atoms with van der Waals surface area (Å²) < 4.78 is 95.9. The highest BCUT2D eigenvalue weighted by molar-refractivity contribution is 5.76. The summed E-state index contributed by atoms with van der Waals surface area (Å²) in [6, 6.07) is -4.97. The lowest BCUT2D eigenvalue weighted by Crippen LogP contribution is -2.71. The number of ether oxygens (including phenoxy) is 16. The van der Waals surface area contributed by atoms with Crippen molar-refractivity contribution in [2.24, 2.45) is 0 Å². The van der Waals surface area contributed by atoms with E-state index in [1.807, 2.05) is 6.08 Å². The summed E-state index contributed by atoms with van der Waals surface area (Å²) in [6.45, 7) is -0.356. The highest BCUT2D eigenvalue weighted by Crippen LogP contribution is 2.41. The topological polar surface area (TPSA) is 700 Å². The number of amides is 3. The van der Waals surface area contributed by atoms with E-state index >= 15 is 0 Å². The molecular weight excluding hydrogens is 1820 g/mol. The van der Waals surface area contributed by atoms with Crippen LogP contribution in [0.1, 0.15) is 240 Å². The summed E-state index contributed by atoms with van der Waals surface area (Å²) in [7, 11) is 0. The lowest BCUT2D eigenvalue weighted by molar-refractivity contribution is -0.405. The van der Waals surface area contributed by atoms with Gasteiger partial charge in [-0.3, -0.25) is 14.4 Å². The molecule has 8 heterocycles. The third kappa shape index (κ3) is 34.6. The number of unbranched alkanes of at least 4 members (excludes halogenated alkanes) is 29. The van der Waals surface area contributed by atoms with E-state index in [4.69, 9.17) is 75.8 Å². The van der Waals surface area contributed by atoms with Crippen LogP contribution in [0.2, 0.25) is 0 Å². The Kier molecular flexibility index (Phi) is 53.7. The first-order valence-electron chi connectivity index (χ1n) is 49.9. The van der Waals surface area contributed by atoms with Crippen molar-refractivity contribution in [2.75, 3.05) is 52.9 Å². The summed E-state index contributed by atoms with van der Waals surface area (Å²) >= 11 is 0. The van der Waals surface area contributed by atoms with Crippen LogP contribution < -0.4 is 16.0 Å². The molecule has 45 nitrogen and oxygen atoms in total. The largest absolute Gasteiger partial charge is 0.394 e. The van der Waals surface area contributed by atoms with Crippen LogP contribution in [-0.4, -0.2) is 446 Å². The minimum Gasteiger partial charge on any atom is -0.394 e. The van der Waals surface area contributed by atoms with Crippen LogP contribution in [0.15, 0.2) is 12.2 Å². The van der Waals surface area contributed by atoms with E-state index in [0.29, 0.717) is 12.8 Å². The average molecular weight is 1990 g/mol. The fourth-order valence-corrected chi connectivity index (χ4v) is 18.7. The van der Waals surface area contributed by atoms with Gasteiger partial charge >= 0.3 is 0 Å². The van der Waals surface area contributed by atoms with Crippen LogP contribution >= 0.6 is 0 Å². The molecule has 0 saturated carbocycles. The monoisotopic (exact) mass is 1980 g/mol. The molecule has 137 heavy (non-hydrogen) atoms. The molecule has 8 rings (SSSR count). The quantitative estimate of drug-likeness (QED) is 0.0203. The first-order chi connectivity index (χ1) is 65.8. The van der Waals surface area contributed by atoms with E-state index in [2.05, 4.69) is 29.8 Å². The van der Waals surface area contributed by atoms with Crippen molar-refractivity contribution in [2.45, 2.75) is 498 Å². The molecule has 8 fully saturated rings. The van der Waals surface area contributed by atoms with Gasteiger partial charge in [0, 0.05) is 20.3 Å². The van der Waals surface area contributed by atoms with Gasteiger partial charge in [0.15, 0.2) is 50.3 Å². The van der Waals surface area contributed by atoms with Gasteiger partial charge in [0.2, 0.25) is 17.7 Å². The Morgan fingerprint density at radius 1 is 0.299 bits per heavy atom. The number of aliphatic hydroxyl groups is 23. The first kappa shape index (κ1) is 119. The molecular formula is C92H165N3O42. The molecule has 0 bridgehead atoms. The maximum absolute atomic E-state index is 13.6. The molecule has 45 heteroatoms. The zero-order chi connectivity index (χ0) is 100. The van der Waals surface area contributed by atoms with Gasteiger partial charge in [-0.2, -0.15) is 0 Å². The number of hydrogen-bond donors (Lipinski definition) is 26. The molecule has 3 amide bonds.